The van der Waals surface area contributed by atoms with Crippen molar-refractivity contribution in [2.75, 3.05) is 13.2 Å². The molecule has 2 amide bonds. The largest absolute Gasteiger partial charge is 0.394 e. The van der Waals surface area contributed by atoms with Gasteiger partial charge in [-0.05, 0) is 19.3 Å². The number of piperidine rings is 1. The van der Waals surface area contributed by atoms with Gasteiger partial charge in [0, 0.05) is 13.0 Å². The van der Waals surface area contributed by atoms with Gasteiger partial charge >= 0.3 is 0 Å². The first-order valence-corrected chi connectivity index (χ1v) is 6.35. The summed E-state index contributed by atoms with van der Waals surface area (Å²) < 4.78 is 0. The summed E-state index contributed by atoms with van der Waals surface area (Å²) in [5.74, 6) is -0.149. The monoisotopic (exact) mass is 240 g/mol. The van der Waals surface area contributed by atoms with Crippen molar-refractivity contribution in [1.82, 2.24) is 10.6 Å². The SMILES string of the molecule is O=C1CCC(C(=O)NC2(CO)CCCC2)CN1. The Labute approximate surface area is 101 Å². The molecule has 17 heavy (non-hydrogen) atoms. The highest BCUT2D eigenvalue weighted by Crippen LogP contribution is 2.29. The summed E-state index contributed by atoms with van der Waals surface area (Å²) in [4.78, 5) is 23.1. The van der Waals surface area contributed by atoms with E-state index in [1.54, 1.807) is 0 Å². The van der Waals surface area contributed by atoms with Gasteiger partial charge in [-0.25, -0.2) is 0 Å². The van der Waals surface area contributed by atoms with Crippen LogP contribution in [0.3, 0.4) is 0 Å². The fourth-order valence-electron chi connectivity index (χ4n) is 2.69. The number of aliphatic hydroxyl groups excluding tert-OH is 1. The third kappa shape index (κ3) is 2.77. The van der Waals surface area contributed by atoms with Crippen molar-refractivity contribution < 1.29 is 14.7 Å². The van der Waals surface area contributed by atoms with Crippen molar-refractivity contribution in [1.29, 1.82) is 0 Å². The Hall–Kier alpha value is -1.10. The Morgan fingerprint density at radius 2 is 2.18 bits per heavy atom. The average molecular weight is 240 g/mol. The smallest absolute Gasteiger partial charge is 0.225 e. The Morgan fingerprint density at radius 1 is 1.47 bits per heavy atom. The molecule has 0 aromatic carbocycles. The molecular weight excluding hydrogens is 220 g/mol. The van der Waals surface area contributed by atoms with E-state index in [1.807, 2.05) is 0 Å². The Bertz CT molecular complexity index is 301. The molecule has 0 aromatic rings. The third-order valence-electron chi connectivity index (χ3n) is 3.89. The highest BCUT2D eigenvalue weighted by Gasteiger charge is 2.36. The van der Waals surface area contributed by atoms with E-state index in [2.05, 4.69) is 10.6 Å². The Morgan fingerprint density at radius 3 is 2.71 bits per heavy atom. The van der Waals surface area contributed by atoms with Crippen molar-refractivity contribution >= 4 is 11.8 Å². The Balaban J connectivity index is 1.89. The first-order valence-electron chi connectivity index (χ1n) is 6.35. The molecule has 96 valence electrons. The summed E-state index contributed by atoms with van der Waals surface area (Å²) in [7, 11) is 0. The van der Waals surface area contributed by atoms with Gasteiger partial charge in [-0.1, -0.05) is 12.8 Å². The van der Waals surface area contributed by atoms with Gasteiger partial charge < -0.3 is 15.7 Å². The van der Waals surface area contributed by atoms with Crippen LogP contribution in [0.5, 0.6) is 0 Å². The van der Waals surface area contributed by atoms with Gasteiger partial charge in [0.2, 0.25) is 11.8 Å². The quantitative estimate of drug-likeness (QED) is 0.646. The standard InChI is InChI=1S/C12H20N2O3/c15-8-12(5-1-2-6-12)14-11(17)9-3-4-10(16)13-7-9/h9,15H,1-8H2,(H,13,16)(H,14,17). The number of hydrogen-bond donors (Lipinski definition) is 3. The zero-order valence-corrected chi connectivity index (χ0v) is 10.00. The summed E-state index contributed by atoms with van der Waals surface area (Å²) in [5, 5.41) is 15.1. The van der Waals surface area contributed by atoms with Crippen LogP contribution >= 0.6 is 0 Å². The lowest BCUT2D eigenvalue weighted by Crippen LogP contribution is -2.53. The molecule has 1 heterocycles. The molecule has 1 saturated carbocycles. The molecule has 0 aromatic heterocycles. The maximum atomic E-state index is 12.1. The lowest BCUT2D eigenvalue weighted by atomic mass is 9.94. The van der Waals surface area contributed by atoms with Crippen LogP contribution in [0, 0.1) is 5.92 Å². The van der Waals surface area contributed by atoms with Crippen LogP contribution in [0.1, 0.15) is 38.5 Å². The van der Waals surface area contributed by atoms with Crippen LogP contribution in [0.25, 0.3) is 0 Å². The van der Waals surface area contributed by atoms with Crippen molar-refractivity contribution in [3.63, 3.8) is 0 Å². The van der Waals surface area contributed by atoms with Gasteiger partial charge in [0.1, 0.15) is 0 Å². The lowest BCUT2D eigenvalue weighted by molar-refractivity contribution is -0.130. The molecule has 1 aliphatic heterocycles. The predicted octanol–water partition coefficient (Wildman–Crippen LogP) is -0.0661. The third-order valence-corrected chi connectivity index (χ3v) is 3.89. The summed E-state index contributed by atoms with van der Waals surface area (Å²) >= 11 is 0. The van der Waals surface area contributed by atoms with Crippen molar-refractivity contribution in [2.45, 2.75) is 44.1 Å². The van der Waals surface area contributed by atoms with Gasteiger partial charge in [0.15, 0.2) is 0 Å². The van der Waals surface area contributed by atoms with E-state index in [4.69, 9.17) is 0 Å². The highest BCUT2D eigenvalue weighted by molar-refractivity contribution is 5.84. The van der Waals surface area contributed by atoms with Crippen LogP contribution < -0.4 is 10.6 Å². The molecule has 2 fully saturated rings. The Kier molecular flexibility index (Phi) is 3.66. The molecule has 0 bridgehead atoms. The molecule has 1 unspecified atom stereocenters. The van der Waals surface area contributed by atoms with Crippen LogP contribution in [-0.4, -0.2) is 35.6 Å². The number of hydrogen-bond acceptors (Lipinski definition) is 3. The molecule has 3 N–H and O–H groups in total. The van der Waals surface area contributed by atoms with Crippen LogP contribution in [0.4, 0.5) is 0 Å². The summed E-state index contributed by atoms with van der Waals surface area (Å²) in [5.41, 5.74) is -0.404. The van der Waals surface area contributed by atoms with Gasteiger partial charge in [-0.3, -0.25) is 9.59 Å². The van der Waals surface area contributed by atoms with Crippen molar-refractivity contribution in [2.24, 2.45) is 5.92 Å². The summed E-state index contributed by atoms with van der Waals surface area (Å²) in [6.07, 6.45) is 4.86. The summed E-state index contributed by atoms with van der Waals surface area (Å²) in [6, 6.07) is 0. The predicted molar refractivity (Wildman–Crippen MR) is 62.2 cm³/mol. The molecule has 1 saturated heterocycles. The number of rotatable bonds is 3. The minimum absolute atomic E-state index is 0.0117. The molecule has 2 rings (SSSR count). The van der Waals surface area contributed by atoms with E-state index in [0.717, 1.165) is 25.7 Å². The molecule has 5 heteroatoms. The number of nitrogens with one attached hydrogen (secondary N) is 2. The fraction of sp³-hybridized carbons (Fsp3) is 0.833. The number of carbonyl (C=O) groups excluding carboxylic acids is 2. The molecular formula is C12H20N2O3. The van der Waals surface area contributed by atoms with Gasteiger partial charge in [-0.2, -0.15) is 0 Å². The zero-order chi connectivity index (χ0) is 12.3. The molecule has 0 spiro atoms. The van der Waals surface area contributed by atoms with E-state index in [0.29, 0.717) is 19.4 Å². The number of aliphatic hydroxyl groups is 1. The maximum Gasteiger partial charge on any atom is 0.225 e. The van der Waals surface area contributed by atoms with E-state index >= 15 is 0 Å². The van der Waals surface area contributed by atoms with E-state index in [9.17, 15) is 14.7 Å². The number of amides is 2. The van der Waals surface area contributed by atoms with Gasteiger partial charge in [0.05, 0.1) is 18.1 Å². The van der Waals surface area contributed by atoms with Crippen molar-refractivity contribution in [3.05, 3.63) is 0 Å². The minimum Gasteiger partial charge on any atom is -0.394 e. The zero-order valence-electron chi connectivity index (χ0n) is 10.00. The second-order valence-electron chi connectivity index (χ2n) is 5.17. The van der Waals surface area contributed by atoms with Gasteiger partial charge in [0.25, 0.3) is 0 Å². The summed E-state index contributed by atoms with van der Waals surface area (Å²) in [6.45, 7) is 0.435. The van der Waals surface area contributed by atoms with Gasteiger partial charge in [-0.15, -0.1) is 0 Å². The number of carbonyl (C=O) groups is 2. The first-order chi connectivity index (χ1) is 8.15. The average Bonchev–Trinajstić information content (AvgIpc) is 2.79. The van der Waals surface area contributed by atoms with Crippen LogP contribution in [-0.2, 0) is 9.59 Å². The van der Waals surface area contributed by atoms with Crippen LogP contribution in [0.15, 0.2) is 0 Å². The lowest BCUT2D eigenvalue weighted by Gasteiger charge is -2.31. The molecule has 5 nitrogen and oxygen atoms in total. The molecule has 1 aliphatic carbocycles. The van der Waals surface area contributed by atoms with Crippen LogP contribution in [0.2, 0.25) is 0 Å². The highest BCUT2D eigenvalue weighted by atomic mass is 16.3. The molecule has 0 radical (unpaired) electrons. The van der Waals surface area contributed by atoms with E-state index in [1.165, 1.54) is 0 Å². The topological polar surface area (TPSA) is 78.4 Å². The normalized spacial score (nSPS) is 27.6. The first kappa shape index (κ1) is 12.4. The maximum absolute atomic E-state index is 12.1. The fourth-order valence-corrected chi connectivity index (χ4v) is 2.69. The van der Waals surface area contributed by atoms with Crippen molar-refractivity contribution in [3.8, 4) is 0 Å². The molecule has 1 atom stereocenters. The molecule has 2 aliphatic rings. The van der Waals surface area contributed by atoms with E-state index < -0.39 is 5.54 Å². The minimum atomic E-state index is -0.404. The second-order valence-corrected chi connectivity index (χ2v) is 5.17. The van der Waals surface area contributed by atoms with E-state index in [-0.39, 0.29) is 24.3 Å². The second kappa shape index (κ2) is 5.04.